The zero-order valence-corrected chi connectivity index (χ0v) is 11.3. The number of carbonyl (C=O) groups is 1. The third-order valence-corrected chi connectivity index (χ3v) is 3.12. The summed E-state index contributed by atoms with van der Waals surface area (Å²) in [4.78, 5) is 11.8. The lowest BCUT2D eigenvalue weighted by molar-refractivity contribution is -0.123. The summed E-state index contributed by atoms with van der Waals surface area (Å²) in [5, 5.41) is 6.34. The molecule has 0 saturated carbocycles. The minimum absolute atomic E-state index is 0.106. The van der Waals surface area contributed by atoms with Crippen molar-refractivity contribution in [3.8, 4) is 0 Å². The molecule has 2 N–H and O–H groups in total. The fourth-order valence-electron chi connectivity index (χ4n) is 1.93. The van der Waals surface area contributed by atoms with Crippen LogP contribution in [0.15, 0.2) is 0 Å². The Kier molecular flexibility index (Phi) is 6.52. The monoisotopic (exact) mass is 242 g/mol. The molecule has 0 aromatic heterocycles. The second-order valence-corrected chi connectivity index (χ2v) is 5.25. The van der Waals surface area contributed by atoms with Crippen molar-refractivity contribution in [1.29, 1.82) is 0 Å². The average molecular weight is 242 g/mol. The Morgan fingerprint density at radius 3 is 2.53 bits per heavy atom. The lowest BCUT2D eigenvalue weighted by Gasteiger charge is -2.26. The second kappa shape index (κ2) is 7.67. The molecule has 0 aromatic carbocycles. The molecule has 1 heterocycles. The maximum absolute atomic E-state index is 11.8. The highest BCUT2D eigenvalue weighted by Gasteiger charge is 2.19. The summed E-state index contributed by atoms with van der Waals surface area (Å²) in [7, 11) is 0. The molecule has 1 saturated heterocycles. The van der Waals surface area contributed by atoms with Crippen LogP contribution in [-0.4, -0.2) is 37.7 Å². The van der Waals surface area contributed by atoms with Crippen molar-refractivity contribution >= 4 is 5.91 Å². The number of hydrogen-bond acceptors (Lipinski definition) is 3. The van der Waals surface area contributed by atoms with E-state index in [1.807, 2.05) is 6.92 Å². The van der Waals surface area contributed by atoms with Crippen LogP contribution in [0.3, 0.4) is 0 Å². The van der Waals surface area contributed by atoms with E-state index in [0.29, 0.717) is 12.0 Å². The van der Waals surface area contributed by atoms with Gasteiger partial charge in [0.15, 0.2) is 0 Å². The Hall–Kier alpha value is -0.610. The van der Waals surface area contributed by atoms with Crippen molar-refractivity contribution in [3.63, 3.8) is 0 Å². The first-order chi connectivity index (χ1) is 8.09. The molecule has 1 aliphatic rings. The highest BCUT2D eigenvalue weighted by Crippen LogP contribution is 2.07. The molecule has 4 nitrogen and oxygen atoms in total. The molecule has 1 amide bonds. The van der Waals surface area contributed by atoms with E-state index in [2.05, 4.69) is 24.5 Å². The highest BCUT2D eigenvalue weighted by molar-refractivity contribution is 5.81. The van der Waals surface area contributed by atoms with Crippen LogP contribution in [-0.2, 0) is 9.53 Å². The van der Waals surface area contributed by atoms with Gasteiger partial charge in [-0.1, -0.05) is 13.8 Å². The van der Waals surface area contributed by atoms with Crippen LogP contribution in [0, 0.1) is 5.92 Å². The lowest BCUT2D eigenvalue weighted by Crippen LogP contribution is -2.48. The minimum atomic E-state index is -0.106. The largest absolute Gasteiger partial charge is 0.381 e. The molecule has 0 aliphatic carbocycles. The fraction of sp³-hybridized carbons (Fsp3) is 0.923. The van der Waals surface area contributed by atoms with E-state index >= 15 is 0 Å². The third kappa shape index (κ3) is 6.03. The number of ether oxygens (including phenoxy) is 1. The third-order valence-electron chi connectivity index (χ3n) is 3.12. The second-order valence-electron chi connectivity index (χ2n) is 5.25. The predicted octanol–water partition coefficient (Wildman–Crippen LogP) is 1.31. The van der Waals surface area contributed by atoms with Gasteiger partial charge >= 0.3 is 0 Å². The van der Waals surface area contributed by atoms with Crippen molar-refractivity contribution in [2.75, 3.05) is 19.8 Å². The molecule has 1 atom stereocenters. The summed E-state index contributed by atoms with van der Waals surface area (Å²) in [5.74, 6) is 0.742. The molecular weight excluding hydrogens is 216 g/mol. The predicted molar refractivity (Wildman–Crippen MR) is 68.9 cm³/mol. The number of carbonyl (C=O) groups excluding carboxylic acids is 1. The molecule has 1 aliphatic heterocycles. The van der Waals surface area contributed by atoms with E-state index in [9.17, 15) is 4.79 Å². The SMILES string of the molecule is CC(C)CCNC(=O)C(C)NC1CCOCC1. The van der Waals surface area contributed by atoms with Crippen LogP contribution in [0.5, 0.6) is 0 Å². The number of hydrogen-bond donors (Lipinski definition) is 2. The van der Waals surface area contributed by atoms with Crippen molar-refractivity contribution in [3.05, 3.63) is 0 Å². The van der Waals surface area contributed by atoms with Crippen LogP contribution in [0.4, 0.5) is 0 Å². The summed E-state index contributed by atoms with van der Waals surface area (Å²) in [6.45, 7) is 8.64. The highest BCUT2D eigenvalue weighted by atomic mass is 16.5. The van der Waals surface area contributed by atoms with Crippen LogP contribution in [0.2, 0.25) is 0 Å². The van der Waals surface area contributed by atoms with Crippen molar-refractivity contribution in [1.82, 2.24) is 10.6 Å². The Morgan fingerprint density at radius 2 is 1.94 bits per heavy atom. The molecule has 0 bridgehead atoms. The lowest BCUT2D eigenvalue weighted by atomic mass is 10.1. The van der Waals surface area contributed by atoms with Gasteiger partial charge in [-0.3, -0.25) is 4.79 Å². The summed E-state index contributed by atoms with van der Waals surface area (Å²) in [5.41, 5.74) is 0. The zero-order chi connectivity index (χ0) is 12.7. The molecule has 0 radical (unpaired) electrons. The van der Waals surface area contributed by atoms with Crippen LogP contribution in [0.25, 0.3) is 0 Å². The zero-order valence-electron chi connectivity index (χ0n) is 11.3. The quantitative estimate of drug-likeness (QED) is 0.738. The van der Waals surface area contributed by atoms with Gasteiger partial charge in [0.2, 0.25) is 5.91 Å². The topological polar surface area (TPSA) is 50.4 Å². The number of nitrogens with one attached hydrogen (secondary N) is 2. The Bertz CT molecular complexity index is 225. The summed E-state index contributed by atoms with van der Waals surface area (Å²) >= 11 is 0. The van der Waals surface area contributed by atoms with Gasteiger partial charge in [0, 0.05) is 25.8 Å². The number of amides is 1. The normalized spacial score (nSPS) is 19.3. The summed E-state index contributed by atoms with van der Waals surface area (Å²) in [6.07, 6.45) is 3.04. The molecule has 0 aromatic rings. The maximum Gasteiger partial charge on any atom is 0.236 e. The van der Waals surface area contributed by atoms with Crippen LogP contribution in [0.1, 0.15) is 40.0 Å². The smallest absolute Gasteiger partial charge is 0.236 e. The van der Waals surface area contributed by atoms with Gasteiger partial charge in [-0.25, -0.2) is 0 Å². The standard InChI is InChI=1S/C13H26N2O2/c1-10(2)4-7-14-13(16)11(3)15-12-5-8-17-9-6-12/h10-12,15H,4-9H2,1-3H3,(H,14,16). The summed E-state index contributed by atoms with van der Waals surface area (Å²) < 4.78 is 5.29. The van der Waals surface area contributed by atoms with E-state index in [1.54, 1.807) is 0 Å². The van der Waals surface area contributed by atoms with Gasteiger partial charge in [0.05, 0.1) is 6.04 Å². The van der Waals surface area contributed by atoms with Gasteiger partial charge in [-0.05, 0) is 32.1 Å². The molecule has 1 fully saturated rings. The van der Waals surface area contributed by atoms with E-state index in [0.717, 1.165) is 39.0 Å². The molecule has 100 valence electrons. The first-order valence-corrected chi connectivity index (χ1v) is 6.71. The fourth-order valence-corrected chi connectivity index (χ4v) is 1.93. The molecule has 1 rings (SSSR count). The first kappa shape index (κ1) is 14.5. The Balaban J connectivity index is 2.16. The summed E-state index contributed by atoms with van der Waals surface area (Å²) in [6, 6.07) is 0.319. The van der Waals surface area contributed by atoms with Gasteiger partial charge in [-0.2, -0.15) is 0 Å². The van der Waals surface area contributed by atoms with Gasteiger partial charge < -0.3 is 15.4 Å². The van der Waals surface area contributed by atoms with E-state index in [-0.39, 0.29) is 11.9 Å². The first-order valence-electron chi connectivity index (χ1n) is 6.71. The number of rotatable bonds is 6. The minimum Gasteiger partial charge on any atom is -0.381 e. The van der Waals surface area contributed by atoms with Crippen LogP contribution < -0.4 is 10.6 Å². The molecule has 1 unspecified atom stereocenters. The Morgan fingerprint density at radius 1 is 1.29 bits per heavy atom. The van der Waals surface area contributed by atoms with Gasteiger partial charge in [0.25, 0.3) is 0 Å². The molecule has 4 heteroatoms. The molecule has 0 spiro atoms. The van der Waals surface area contributed by atoms with E-state index in [4.69, 9.17) is 4.74 Å². The molecule has 17 heavy (non-hydrogen) atoms. The van der Waals surface area contributed by atoms with Gasteiger partial charge in [-0.15, -0.1) is 0 Å². The van der Waals surface area contributed by atoms with E-state index in [1.165, 1.54) is 0 Å². The van der Waals surface area contributed by atoms with Crippen molar-refractivity contribution in [2.45, 2.75) is 52.1 Å². The van der Waals surface area contributed by atoms with Crippen molar-refractivity contribution in [2.24, 2.45) is 5.92 Å². The van der Waals surface area contributed by atoms with Crippen LogP contribution >= 0.6 is 0 Å². The van der Waals surface area contributed by atoms with Crippen molar-refractivity contribution < 1.29 is 9.53 Å². The van der Waals surface area contributed by atoms with E-state index < -0.39 is 0 Å². The Labute approximate surface area is 104 Å². The molecular formula is C13H26N2O2. The average Bonchev–Trinajstić information content (AvgIpc) is 2.29. The van der Waals surface area contributed by atoms with Gasteiger partial charge in [0.1, 0.15) is 0 Å². The maximum atomic E-state index is 11.8.